The topological polar surface area (TPSA) is 55.4 Å². The summed E-state index contributed by atoms with van der Waals surface area (Å²) in [6.45, 7) is 0.357. The lowest BCUT2D eigenvalue weighted by Gasteiger charge is -2.06. The van der Waals surface area contributed by atoms with Crippen LogP contribution in [0.2, 0.25) is 0 Å². The van der Waals surface area contributed by atoms with Crippen molar-refractivity contribution >= 4 is 23.2 Å². The summed E-state index contributed by atoms with van der Waals surface area (Å²) in [6.07, 6.45) is 0.395. The first-order valence-corrected chi connectivity index (χ1v) is 7.40. The Morgan fingerprint density at radius 2 is 2.05 bits per heavy atom. The maximum absolute atomic E-state index is 13.3. The van der Waals surface area contributed by atoms with Crippen molar-refractivity contribution in [3.8, 4) is 0 Å². The number of rotatable bonds is 6. The van der Waals surface area contributed by atoms with E-state index in [9.17, 15) is 18.4 Å². The van der Waals surface area contributed by atoms with Crippen LogP contribution in [0.1, 0.15) is 26.5 Å². The number of esters is 1. The first kappa shape index (κ1) is 16.1. The molecule has 0 aliphatic heterocycles. The molecule has 1 heterocycles. The molecule has 1 aromatic carbocycles. The maximum Gasteiger partial charge on any atom is 0.341 e. The van der Waals surface area contributed by atoms with Gasteiger partial charge in [0, 0.05) is 12.6 Å². The van der Waals surface area contributed by atoms with Crippen molar-refractivity contribution in [1.82, 2.24) is 5.32 Å². The fraction of sp³-hybridized carbons (Fsp3) is 0.200. The SMILES string of the molecule is O=C(NCCCOC(=O)c1ccc(F)cc1F)c1cccs1. The van der Waals surface area contributed by atoms with Gasteiger partial charge in [-0.05, 0) is 30.0 Å². The second-order valence-electron chi connectivity index (χ2n) is 4.35. The minimum Gasteiger partial charge on any atom is -0.462 e. The number of ether oxygens (including phenoxy) is 1. The lowest BCUT2D eigenvalue weighted by atomic mass is 10.2. The summed E-state index contributed by atoms with van der Waals surface area (Å²) in [6, 6.07) is 6.13. The summed E-state index contributed by atoms with van der Waals surface area (Å²) in [5, 5.41) is 4.47. The minimum absolute atomic E-state index is 0.0281. The zero-order valence-corrected chi connectivity index (χ0v) is 12.3. The van der Waals surface area contributed by atoms with Crippen molar-refractivity contribution in [2.45, 2.75) is 6.42 Å². The lowest BCUT2D eigenvalue weighted by Crippen LogP contribution is -2.24. The normalized spacial score (nSPS) is 10.3. The maximum atomic E-state index is 13.3. The predicted octanol–water partition coefficient (Wildman–Crippen LogP) is 3.00. The largest absolute Gasteiger partial charge is 0.462 e. The van der Waals surface area contributed by atoms with E-state index < -0.39 is 17.6 Å². The second kappa shape index (κ2) is 7.65. The van der Waals surface area contributed by atoms with Crippen LogP contribution in [0.5, 0.6) is 0 Å². The van der Waals surface area contributed by atoms with Crippen LogP contribution in [0.4, 0.5) is 8.78 Å². The lowest BCUT2D eigenvalue weighted by molar-refractivity contribution is 0.0495. The Morgan fingerprint density at radius 3 is 2.73 bits per heavy atom. The Balaban J connectivity index is 1.70. The molecular weight excluding hydrogens is 312 g/mol. The quantitative estimate of drug-likeness (QED) is 0.656. The van der Waals surface area contributed by atoms with E-state index in [4.69, 9.17) is 4.74 Å². The van der Waals surface area contributed by atoms with Crippen molar-refractivity contribution in [2.75, 3.05) is 13.2 Å². The molecule has 2 rings (SSSR count). The predicted molar refractivity (Wildman–Crippen MR) is 77.9 cm³/mol. The standard InChI is InChI=1S/C15H13F2NO3S/c16-10-4-5-11(12(17)9-10)15(20)21-7-2-6-18-14(19)13-3-1-8-22-13/h1,3-5,8-9H,2,6-7H2,(H,18,19). The van der Waals surface area contributed by atoms with Gasteiger partial charge in [0.25, 0.3) is 5.91 Å². The number of carbonyl (C=O) groups is 2. The molecule has 4 nitrogen and oxygen atoms in total. The van der Waals surface area contributed by atoms with E-state index >= 15 is 0 Å². The van der Waals surface area contributed by atoms with Crippen molar-refractivity contribution in [3.05, 3.63) is 57.8 Å². The van der Waals surface area contributed by atoms with E-state index in [1.54, 1.807) is 17.5 Å². The Bertz CT molecular complexity index is 659. The molecule has 0 aliphatic carbocycles. The number of benzene rings is 1. The highest BCUT2D eigenvalue weighted by Crippen LogP contribution is 2.11. The van der Waals surface area contributed by atoms with E-state index in [2.05, 4.69) is 5.32 Å². The van der Waals surface area contributed by atoms with Crippen molar-refractivity contribution in [1.29, 1.82) is 0 Å². The second-order valence-corrected chi connectivity index (χ2v) is 5.29. The van der Waals surface area contributed by atoms with Crippen LogP contribution >= 0.6 is 11.3 Å². The average molecular weight is 325 g/mol. The van der Waals surface area contributed by atoms with Crippen LogP contribution in [-0.4, -0.2) is 25.0 Å². The number of nitrogens with one attached hydrogen (secondary N) is 1. The van der Waals surface area contributed by atoms with Gasteiger partial charge in [-0.25, -0.2) is 13.6 Å². The molecule has 116 valence electrons. The van der Waals surface area contributed by atoms with Crippen molar-refractivity contribution < 1.29 is 23.1 Å². The van der Waals surface area contributed by atoms with E-state index in [0.29, 0.717) is 23.9 Å². The molecule has 0 spiro atoms. The Hall–Kier alpha value is -2.28. The number of carbonyl (C=O) groups excluding carboxylic acids is 2. The molecule has 0 bridgehead atoms. The molecule has 22 heavy (non-hydrogen) atoms. The minimum atomic E-state index is -0.962. The third-order valence-electron chi connectivity index (χ3n) is 2.74. The van der Waals surface area contributed by atoms with Gasteiger partial charge in [-0.15, -0.1) is 11.3 Å². The molecule has 0 unspecified atom stereocenters. The third kappa shape index (κ3) is 4.36. The molecule has 0 aliphatic rings. The summed E-state index contributed by atoms with van der Waals surface area (Å²) in [7, 11) is 0. The van der Waals surface area contributed by atoms with E-state index in [0.717, 1.165) is 12.1 Å². The summed E-state index contributed by atoms with van der Waals surface area (Å²) >= 11 is 1.33. The summed E-state index contributed by atoms with van der Waals surface area (Å²) < 4.78 is 30.9. The Labute approximate surface area is 129 Å². The molecule has 2 aromatic rings. The number of thiophene rings is 1. The molecule has 0 radical (unpaired) electrons. The van der Waals surface area contributed by atoms with Crippen LogP contribution in [0.3, 0.4) is 0 Å². The third-order valence-corrected chi connectivity index (χ3v) is 3.60. The molecule has 1 aromatic heterocycles. The molecule has 7 heteroatoms. The highest BCUT2D eigenvalue weighted by molar-refractivity contribution is 7.12. The monoisotopic (exact) mass is 325 g/mol. The number of hydrogen-bond donors (Lipinski definition) is 1. The number of halogens is 2. The van der Waals surface area contributed by atoms with Crippen LogP contribution in [0, 0.1) is 11.6 Å². The first-order valence-electron chi connectivity index (χ1n) is 6.52. The average Bonchev–Trinajstić information content (AvgIpc) is 3.00. The van der Waals surface area contributed by atoms with E-state index in [1.807, 2.05) is 0 Å². The van der Waals surface area contributed by atoms with Crippen LogP contribution in [0.15, 0.2) is 35.7 Å². The Kier molecular flexibility index (Phi) is 5.60. The zero-order valence-electron chi connectivity index (χ0n) is 11.5. The van der Waals surface area contributed by atoms with Crippen molar-refractivity contribution in [2.24, 2.45) is 0 Å². The van der Waals surface area contributed by atoms with Gasteiger partial charge in [0.15, 0.2) is 0 Å². The van der Waals surface area contributed by atoms with Crippen molar-refractivity contribution in [3.63, 3.8) is 0 Å². The van der Waals surface area contributed by atoms with Crippen LogP contribution in [0.25, 0.3) is 0 Å². The van der Waals surface area contributed by atoms with Gasteiger partial charge in [0.2, 0.25) is 0 Å². The first-order chi connectivity index (χ1) is 10.6. The van der Waals surface area contributed by atoms with Crippen LogP contribution < -0.4 is 5.32 Å². The smallest absolute Gasteiger partial charge is 0.341 e. The van der Waals surface area contributed by atoms with Crippen LogP contribution in [-0.2, 0) is 4.74 Å². The Morgan fingerprint density at radius 1 is 1.23 bits per heavy atom. The van der Waals surface area contributed by atoms with Gasteiger partial charge < -0.3 is 10.1 Å². The van der Waals surface area contributed by atoms with E-state index in [1.165, 1.54) is 11.3 Å². The molecule has 0 saturated heterocycles. The molecule has 0 saturated carbocycles. The molecule has 1 N–H and O–H groups in total. The number of hydrogen-bond acceptors (Lipinski definition) is 4. The van der Waals surface area contributed by atoms with Gasteiger partial charge >= 0.3 is 5.97 Å². The highest BCUT2D eigenvalue weighted by Gasteiger charge is 2.13. The zero-order chi connectivity index (χ0) is 15.9. The van der Waals surface area contributed by atoms with Gasteiger partial charge in [-0.3, -0.25) is 4.79 Å². The molecular formula is C15H13F2NO3S. The van der Waals surface area contributed by atoms with Gasteiger partial charge in [0.1, 0.15) is 11.6 Å². The summed E-state index contributed by atoms with van der Waals surface area (Å²) in [4.78, 5) is 23.8. The van der Waals surface area contributed by atoms with Gasteiger partial charge in [-0.1, -0.05) is 6.07 Å². The molecule has 0 fully saturated rings. The van der Waals surface area contributed by atoms with Gasteiger partial charge in [0.05, 0.1) is 17.0 Å². The molecule has 0 atom stereocenters. The van der Waals surface area contributed by atoms with Gasteiger partial charge in [-0.2, -0.15) is 0 Å². The number of amides is 1. The fourth-order valence-electron chi connectivity index (χ4n) is 1.67. The summed E-state index contributed by atoms with van der Waals surface area (Å²) in [5.41, 5.74) is -0.316. The highest BCUT2D eigenvalue weighted by atomic mass is 32.1. The van der Waals surface area contributed by atoms with E-state index in [-0.39, 0.29) is 18.1 Å². The fourth-order valence-corrected chi connectivity index (χ4v) is 2.31. The summed E-state index contributed by atoms with van der Waals surface area (Å²) in [5.74, 6) is -2.77. The molecule has 1 amide bonds.